The van der Waals surface area contributed by atoms with Crippen LogP contribution in [0.2, 0.25) is 0 Å². The molecule has 2 unspecified atom stereocenters. The van der Waals surface area contributed by atoms with Crippen LogP contribution in [0.3, 0.4) is 0 Å². The van der Waals surface area contributed by atoms with Crippen LogP contribution in [0.15, 0.2) is 35.3 Å². The third-order valence-electron chi connectivity index (χ3n) is 4.17. The zero-order valence-electron chi connectivity index (χ0n) is 15.9. The highest BCUT2D eigenvalue weighted by atomic mass is 16.5. The summed E-state index contributed by atoms with van der Waals surface area (Å²) in [5.41, 5.74) is 1.37. The molecule has 0 fully saturated rings. The number of benzene rings is 1. The average molecular weight is 335 g/mol. The summed E-state index contributed by atoms with van der Waals surface area (Å²) in [5, 5.41) is 6.83. The molecule has 0 aromatic heterocycles. The zero-order chi connectivity index (χ0) is 17.8. The molecule has 0 radical (unpaired) electrons. The summed E-state index contributed by atoms with van der Waals surface area (Å²) >= 11 is 0. The van der Waals surface area contributed by atoms with Crippen molar-refractivity contribution in [1.82, 2.24) is 15.5 Å². The van der Waals surface area contributed by atoms with Crippen LogP contribution in [0.1, 0.15) is 26.3 Å². The van der Waals surface area contributed by atoms with E-state index in [0.717, 1.165) is 32.0 Å². The van der Waals surface area contributed by atoms with Gasteiger partial charge in [-0.2, -0.15) is 0 Å². The maximum absolute atomic E-state index is 5.17. The normalized spacial score (nSPS) is 14.5. The topological polar surface area (TPSA) is 48.9 Å². The molecule has 136 valence electrons. The minimum atomic E-state index is 0.224. The number of hydrogen-bond donors (Lipinski definition) is 2. The molecule has 0 saturated carbocycles. The molecule has 5 heteroatoms. The van der Waals surface area contributed by atoms with Crippen molar-refractivity contribution >= 4 is 5.96 Å². The summed E-state index contributed by atoms with van der Waals surface area (Å²) in [6.07, 6.45) is 1.03. The van der Waals surface area contributed by atoms with Crippen molar-refractivity contribution in [2.24, 2.45) is 4.99 Å². The molecular formula is C19H34N4O. The Morgan fingerprint density at radius 3 is 2.42 bits per heavy atom. The number of methoxy groups -OCH3 is 1. The zero-order valence-corrected chi connectivity index (χ0v) is 15.9. The van der Waals surface area contributed by atoms with Crippen molar-refractivity contribution in [3.8, 4) is 0 Å². The maximum Gasteiger partial charge on any atom is 0.191 e. The number of nitrogens with one attached hydrogen (secondary N) is 2. The number of ether oxygens (including phenoxy) is 1. The molecule has 2 atom stereocenters. The molecule has 0 bridgehead atoms. The Bertz CT molecular complexity index is 460. The fraction of sp³-hybridized carbons (Fsp3) is 0.632. The van der Waals surface area contributed by atoms with Crippen LogP contribution in [0.4, 0.5) is 0 Å². The molecular weight excluding hydrogens is 300 g/mol. The van der Waals surface area contributed by atoms with E-state index < -0.39 is 0 Å². The van der Waals surface area contributed by atoms with Crippen molar-refractivity contribution in [2.75, 3.05) is 40.4 Å². The van der Waals surface area contributed by atoms with Crippen molar-refractivity contribution < 1.29 is 4.74 Å². The van der Waals surface area contributed by atoms with Crippen LogP contribution < -0.4 is 10.6 Å². The van der Waals surface area contributed by atoms with Crippen LogP contribution in [0, 0.1) is 0 Å². The van der Waals surface area contributed by atoms with Crippen LogP contribution in [0.25, 0.3) is 0 Å². The lowest BCUT2D eigenvalue weighted by Crippen LogP contribution is -2.50. The lowest BCUT2D eigenvalue weighted by molar-refractivity contribution is 0.178. The number of guanidine groups is 1. The highest BCUT2D eigenvalue weighted by Crippen LogP contribution is 2.08. The number of rotatable bonds is 10. The molecule has 1 rings (SSSR count). The Morgan fingerprint density at radius 1 is 1.21 bits per heavy atom. The second-order valence-corrected chi connectivity index (χ2v) is 6.02. The molecule has 0 heterocycles. The molecule has 0 aliphatic carbocycles. The van der Waals surface area contributed by atoms with Gasteiger partial charge in [0.2, 0.25) is 0 Å². The molecule has 24 heavy (non-hydrogen) atoms. The van der Waals surface area contributed by atoms with Gasteiger partial charge in [-0.1, -0.05) is 44.2 Å². The van der Waals surface area contributed by atoms with Gasteiger partial charge in [-0.3, -0.25) is 9.89 Å². The van der Waals surface area contributed by atoms with Gasteiger partial charge in [0.25, 0.3) is 0 Å². The highest BCUT2D eigenvalue weighted by molar-refractivity contribution is 5.79. The van der Waals surface area contributed by atoms with Crippen molar-refractivity contribution in [1.29, 1.82) is 0 Å². The Labute approximate surface area is 147 Å². The first-order valence-electron chi connectivity index (χ1n) is 8.88. The Morgan fingerprint density at radius 2 is 1.88 bits per heavy atom. The van der Waals surface area contributed by atoms with Crippen molar-refractivity contribution in [3.05, 3.63) is 35.9 Å². The van der Waals surface area contributed by atoms with Gasteiger partial charge in [0.05, 0.1) is 6.61 Å². The minimum absolute atomic E-state index is 0.224. The van der Waals surface area contributed by atoms with E-state index in [1.165, 1.54) is 5.56 Å². The van der Waals surface area contributed by atoms with E-state index in [4.69, 9.17) is 4.74 Å². The van der Waals surface area contributed by atoms with E-state index >= 15 is 0 Å². The summed E-state index contributed by atoms with van der Waals surface area (Å²) in [6, 6.07) is 11.3. The summed E-state index contributed by atoms with van der Waals surface area (Å²) in [6.45, 7) is 10.1. The summed E-state index contributed by atoms with van der Waals surface area (Å²) in [7, 11) is 3.52. The SMILES string of the molecule is CCN(CC)C(CNC(=NC)NC(C)COC)Cc1ccccc1. The quantitative estimate of drug-likeness (QED) is 0.508. The van der Waals surface area contributed by atoms with E-state index in [2.05, 4.69) is 71.6 Å². The van der Waals surface area contributed by atoms with Gasteiger partial charge < -0.3 is 15.4 Å². The molecule has 0 aliphatic rings. The fourth-order valence-electron chi connectivity index (χ4n) is 2.89. The van der Waals surface area contributed by atoms with Crippen LogP contribution >= 0.6 is 0 Å². The number of aliphatic imine (C=N–C) groups is 1. The molecule has 5 nitrogen and oxygen atoms in total. The average Bonchev–Trinajstić information content (AvgIpc) is 2.60. The highest BCUT2D eigenvalue weighted by Gasteiger charge is 2.17. The van der Waals surface area contributed by atoms with Crippen LogP contribution in [-0.4, -0.2) is 63.3 Å². The van der Waals surface area contributed by atoms with Gasteiger partial charge in [0.1, 0.15) is 0 Å². The lowest BCUT2D eigenvalue weighted by atomic mass is 10.0. The van der Waals surface area contributed by atoms with Gasteiger partial charge in [-0.25, -0.2) is 0 Å². The van der Waals surface area contributed by atoms with Gasteiger partial charge >= 0.3 is 0 Å². The third kappa shape index (κ3) is 7.32. The van der Waals surface area contributed by atoms with E-state index in [1.54, 1.807) is 14.2 Å². The first-order valence-corrected chi connectivity index (χ1v) is 8.88. The summed E-state index contributed by atoms with van der Waals surface area (Å²) in [5.74, 6) is 0.824. The summed E-state index contributed by atoms with van der Waals surface area (Å²) in [4.78, 5) is 6.81. The monoisotopic (exact) mass is 334 g/mol. The third-order valence-corrected chi connectivity index (χ3v) is 4.17. The minimum Gasteiger partial charge on any atom is -0.383 e. The Kier molecular flexibility index (Phi) is 10.1. The molecule has 1 aromatic rings. The van der Waals surface area contributed by atoms with Crippen molar-refractivity contribution in [2.45, 2.75) is 39.3 Å². The standard InChI is InChI=1S/C19H34N4O/c1-6-23(7-2)18(13-17-11-9-8-10-12-17)14-21-19(20-4)22-16(3)15-24-5/h8-12,16,18H,6-7,13-15H2,1-5H3,(H2,20,21,22). The summed E-state index contributed by atoms with van der Waals surface area (Å²) < 4.78 is 5.17. The first kappa shape index (κ1) is 20.5. The van der Waals surface area contributed by atoms with Gasteiger partial charge in [0, 0.05) is 32.8 Å². The molecule has 0 aliphatic heterocycles. The van der Waals surface area contributed by atoms with E-state index in [0.29, 0.717) is 12.6 Å². The predicted molar refractivity (Wildman–Crippen MR) is 103 cm³/mol. The van der Waals surface area contributed by atoms with Crippen molar-refractivity contribution in [3.63, 3.8) is 0 Å². The largest absolute Gasteiger partial charge is 0.383 e. The second-order valence-electron chi connectivity index (χ2n) is 6.02. The first-order chi connectivity index (χ1) is 11.6. The van der Waals surface area contributed by atoms with E-state index in [9.17, 15) is 0 Å². The fourth-order valence-corrected chi connectivity index (χ4v) is 2.89. The van der Waals surface area contributed by atoms with Crippen LogP contribution in [-0.2, 0) is 11.2 Å². The molecule has 1 aromatic carbocycles. The number of hydrogen-bond acceptors (Lipinski definition) is 3. The van der Waals surface area contributed by atoms with E-state index in [1.807, 2.05) is 0 Å². The Balaban J connectivity index is 2.66. The van der Waals surface area contributed by atoms with Gasteiger partial charge in [-0.15, -0.1) is 0 Å². The maximum atomic E-state index is 5.17. The van der Waals surface area contributed by atoms with Gasteiger partial charge in [-0.05, 0) is 32.0 Å². The second kappa shape index (κ2) is 11.9. The smallest absolute Gasteiger partial charge is 0.191 e. The van der Waals surface area contributed by atoms with Crippen LogP contribution in [0.5, 0.6) is 0 Å². The lowest BCUT2D eigenvalue weighted by Gasteiger charge is -2.31. The van der Waals surface area contributed by atoms with E-state index in [-0.39, 0.29) is 6.04 Å². The number of likely N-dealkylation sites (N-methyl/N-ethyl adjacent to an activating group) is 1. The molecule has 0 spiro atoms. The molecule has 2 N–H and O–H groups in total. The van der Waals surface area contributed by atoms with Gasteiger partial charge in [0.15, 0.2) is 5.96 Å². The molecule has 0 amide bonds. The number of nitrogens with zero attached hydrogens (tertiary/aromatic N) is 2. The molecule has 0 saturated heterocycles. The Hall–Kier alpha value is -1.59. The predicted octanol–water partition coefficient (Wildman–Crippen LogP) is 2.14.